The van der Waals surface area contributed by atoms with Crippen molar-refractivity contribution in [2.75, 3.05) is 42.3 Å². The maximum atomic E-state index is 13.7. The normalized spacial score (nSPS) is 14.3. The number of hydrogen-bond acceptors (Lipinski definition) is 10. The van der Waals surface area contributed by atoms with Gasteiger partial charge in [0.1, 0.15) is 22.6 Å². The zero-order chi connectivity index (χ0) is 22.0. The number of nitrogens with one attached hydrogen (secondary N) is 1. The zero-order valence-corrected chi connectivity index (χ0v) is 16.7. The van der Waals surface area contributed by atoms with Crippen LogP contribution in [0.1, 0.15) is 10.4 Å². The van der Waals surface area contributed by atoms with Gasteiger partial charge in [0, 0.05) is 30.9 Å². The molecule has 160 valence electrons. The highest BCUT2D eigenvalue weighted by molar-refractivity contribution is 7.16. The zero-order valence-electron chi connectivity index (χ0n) is 15.8. The van der Waals surface area contributed by atoms with E-state index < -0.39 is 11.7 Å². The number of morpholine rings is 1. The van der Waals surface area contributed by atoms with E-state index in [9.17, 15) is 13.2 Å². The first kappa shape index (κ1) is 20.8. The van der Waals surface area contributed by atoms with Gasteiger partial charge in [-0.15, -0.1) is 0 Å². The Labute approximate surface area is 178 Å². The van der Waals surface area contributed by atoms with Crippen molar-refractivity contribution in [3.63, 3.8) is 0 Å². The van der Waals surface area contributed by atoms with Gasteiger partial charge in [-0.2, -0.15) is 23.4 Å². The third-order valence-electron chi connectivity index (χ3n) is 4.37. The number of aromatic nitrogens is 4. The Balaban J connectivity index is 1.81. The van der Waals surface area contributed by atoms with Gasteiger partial charge in [-0.05, 0) is 6.07 Å². The van der Waals surface area contributed by atoms with Crippen LogP contribution in [0, 0.1) is 11.3 Å². The lowest BCUT2D eigenvalue weighted by molar-refractivity contribution is -0.137. The molecular formula is C18H15F3N8OS. The van der Waals surface area contributed by atoms with Crippen LogP contribution in [0.2, 0.25) is 0 Å². The molecule has 4 heterocycles. The summed E-state index contributed by atoms with van der Waals surface area (Å²) in [6.45, 7) is 1.88. The highest BCUT2D eigenvalue weighted by Crippen LogP contribution is 2.38. The van der Waals surface area contributed by atoms with E-state index in [1.165, 1.54) is 12.3 Å². The van der Waals surface area contributed by atoms with E-state index in [4.69, 9.17) is 15.7 Å². The topological polar surface area (TPSA) is 126 Å². The summed E-state index contributed by atoms with van der Waals surface area (Å²) in [6, 6.07) is 4.13. The van der Waals surface area contributed by atoms with Crippen molar-refractivity contribution in [3.05, 3.63) is 35.0 Å². The summed E-state index contributed by atoms with van der Waals surface area (Å²) >= 11 is 1.09. The Kier molecular flexibility index (Phi) is 5.57. The maximum absolute atomic E-state index is 13.7. The Morgan fingerprint density at radius 2 is 1.94 bits per heavy atom. The van der Waals surface area contributed by atoms with Crippen LogP contribution in [-0.4, -0.2) is 46.2 Å². The molecule has 0 aromatic carbocycles. The predicted molar refractivity (Wildman–Crippen MR) is 108 cm³/mol. The number of nitrogen functional groups attached to an aromatic ring is 1. The summed E-state index contributed by atoms with van der Waals surface area (Å²) in [7, 11) is 0. The van der Waals surface area contributed by atoms with E-state index in [0.717, 1.165) is 23.6 Å². The average molecular weight is 448 g/mol. The highest BCUT2D eigenvalue weighted by Gasteiger charge is 2.35. The van der Waals surface area contributed by atoms with Gasteiger partial charge in [0.2, 0.25) is 5.95 Å². The summed E-state index contributed by atoms with van der Waals surface area (Å²) < 4.78 is 46.3. The second kappa shape index (κ2) is 8.32. The first-order valence-corrected chi connectivity index (χ1v) is 9.83. The van der Waals surface area contributed by atoms with Crippen LogP contribution in [0.25, 0.3) is 11.3 Å². The quantitative estimate of drug-likeness (QED) is 0.619. The summed E-state index contributed by atoms with van der Waals surface area (Å²) in [6.07, 6.45) is -2.21. The Hall–Kier alpha value is -3.50. The minimum Gasteiger partial charge on any atom is -0.384 e. The number of anilines is 4. The molecule has 0 atom stereocenters. The monoisotopic (exact) mass is 448 g/mol. The molecule has 1 saturated heterocycles. The molecule has 3 N–H and O–H groups in total. The van der Waals surface area contributed by atoms with Gasteiger partial charge in [-0.3, -0.25) is 0 Å². The second-order valence-corrected chi connectivity index (χ2v) is 7.49. The summed E-state index contributed by atoms with van der Waals surface area (Å²) in [5.41, 5.74) is 4.34. The van der Waals surface area contributed by atoms with Crippen LogP contribution < -0.4 is 16.0 Å². The van der Waals surface area contributed by atoms with Crippen molar-refractivity contribution in [3.8, 4) is 17.3 Å². The lowest BCUT2D eigenvalue weighted by atomic mass is 10.1. The molecule has 0 radical (unpaired) electrons. The number of thiazole rings is 1. The molecule has 1 fully saturated rings. The number of rotatable bonds is 4. The van der Waals surface area contributed by atoms with Crippen LogP contribution in [0.3, 0.4) is 0 Å². The third-order valence-corrected chi connectivity index (χ3v) is 5.18. The molecule has 0 saturated carbocycles. The number of halogens is 3. The van der Waals surface area contributed by atoms with Crippen LogP contribution >= 0.6 is 11.3 Å². The van der Waals surface area contributed by atoms with E-state index in [2.05, 4.69) is 25.3 Å². The van der Waals surface area contributed by atoms with Crippen molar-refractivity contribution in [1.29, 1.82) is 5.26 Å². The van der Waals surface area contributed by atoms with E-state index in [-0.39, 0.29) is 28.8 Å². The molecule has 31 heavy (non-hydrogen) atoms. The van der Waals surface area contributed by atoms with Crippen molar-refractivity contribution < 1.29 is 17.9 Å². The highest BCUT2D eigenvalue weighted by atomic mass is 32.1. The molecule has 0 spiro atoms. The van der Waals surface area contributed by atoms with E-state index in [1.807, 2.05) is 11.0 Å². The summed E-state index contributed by atoms with van der Waals surface area (Å²) in [5, 5.41) is 12.3. The second-order valence-electron chi connectivity index (χ2n) is 6.46. The van der Waals surface area contributed by atoms with Crippen LogP contribution in [0.15, 0.2) is 24.5 Å². The molecule has 0 aliphatic carbocycles. The molecule has 1 aliphatic heterocycles. The molecule has 13 heteroatoms. The molecule has 4 rings (SSSR count). The number of nitriles is 1. The molecule has 0 bridgehead atoms. The minimum atomic E-state index is -4.65. The van der Waals surface area contributed by atoms with Gasteiger partial charge in [-0.25, -0.2) is 15.0 Å². The molecule has 0 amide bonds. The first-order chi connectivity index (χ1) is 14.8. The van der Waals surface area contributed by atoms with Crippen LogP contribution in [0.5, 0.6) is 0 Å². The molecule has 9 nitrogen and oxygen atoms in total. The van der Waals surface area contributed by atoms with Gasteiger partial charge < -0.3 is 20.7 Å². The number of pyridine rings is 1. The molecule has 0 unspecified atom stereocenters. The van der Waals surface area contributed by atoms with Gasteiger partial charge in [-0.1, -0.05) is 11.3 Å². The van der Waals surface area contributed by atoms with E-state index >= 15 is 0 Å². The van der Waals surface area contributed by atoms with Gasteiger partial charge in [0.15, 0.2) is 5.13 Å². The minimum absolute atomic E-state index is 0.0240. The predicted octanol–water partition coefficient (Wildman–Crippen LogP) is 3.05. The third kappa shape index (κ3) is 4.65. The van der Waals surface area contributed by atoms with Gasteiger partial charge in [0.05, 0.1) is 30.7 Å². The fourth-order valence-corrected chi connectivity index (χ4v) is 3.56. The first-order valence-electron chi connectivity index (χ1n) is 9.01. The van der Waals surface area contributed by atoms with Crippen LogP contribution in [-0.2, 0) is 10.9 Å². The van der Waals surface area contributed by atoms with Gasteiger partial charge in [0.25, 0.3) is 0 Å². The number of hydrogen-bond donors (Lipinski definition) is 2. The fourth-order valence-electron chi connectivity index (χ4n) is 2.94. The number of nitrogens with zero attached hydrogens (tertiary/aromatic N) is 6. The number of nitrogens with two attached hydrogens (primary N) is 1. The number of ether oxygens (including phenoxy) is 1. The van der Waals surface area contributed by atoms with Crippen molar-refractivity contribution >= 4 is 34.1 Å². The summed E-state index contributed by atoms with van der Waals surface area (Å²) in [5.74, 6) is 0.226. The lowest BCUT2D eigenvalue weighted by Gasteiger charge is -2.27. The van der Waals surface area contributed by atoms with E-state index in [1.54, 1.807) is 0 Å². The smallest absolute Gasteiger partial charge is 0.384 e. The van der Waals surface area contributed by atoms with E-state index in [0.29, 0.717) is 36.3 Å². The van der Waals surface area contributed by atoms with Crippen LogP contribution in [0.4, 0.5) is 35.9 Å². The fraction of sp³-hybridized carbons (Fsp3) is 0.278. The molecule has 1 aliphatic rings. The Morgan fingerprint density at radius 1 is 1.16 bits per heavy atom. The maximum Gasteiger partial charge on any atom is 0.417 e. The van der Waals surface area contributed by atoms with Crippen molar-refractivity contribution in [2.45, 2.75) is 6.18 Å². The lowest BCUT2D eigenvalue weighted by Crippen LogP contribution is -2.37. The largest absolute Gasteiger partial charge is 0.417 e. The molecular weight excluding hydrogens is 433 g/mol. The SMILES string of the molecule is N#Cc1cnc(Nc2cc(-c3cnc(N)cc3C(F)(F)F)nc(N3CCOCC3)n2)s1. The average Bonchev–Trinajstić information content (AvgIpc) is 3.21. The standard InChI is InChI=1S/C18H15F3N8OS/c19-18(20,21)12-5-14(23)24-9-11(12)13-6-15(28-17-25-8-10(7-22)31-17)27-16(26-13)29-1-3-30-4-2-29/h5-6,8-9H,1-4H2,(H2,23,24)(H,25,26,27,28). The molecule has 3 aromatic heterocycles. The van der Waals surface area contributed by atoms with Crippen molar-refractivity contribution in [1.82, 2.24) is 19.9 Å². The summed E-state index contributed by atoms with van der Waals surface area (Å²) in [4.78, 5) is 18.9. The number of alkyl halides is 3. The van der Waals surface area contributed by atoms with Gasteiger partial charge >= 0.3 is 6.18 Å². The molecule has 3 aromatic rings. The Morgan fingerprint density at radius 3 is 2.61 bits per heavy atom. The Bertz CT molecular complexity index is 1140. The van der Waals surface area contributed by atoms with Crippen molar-refractivity contribution in [2.24, 2.45) is 0 Å².